The number of aliphatic imine (C=N–C) groups is 1. The van der Waals surface area contributed by atoms with E-state index >= 15 is 0 Å². The molecule has 0 aliphatic rings. The molecule has 22 heavy (non-hydrogen) atoms. The van der Waals surface area contributed by atoms with Crippen LogP contribution in [0.25, 0.3) is 0 Å². The van der Waals surface area contributed by atoms with Crippen molar-refractivity contribution in [2.45, 2.75) is 39.7 Å². The minimum Gasteiger partial charge on any atom is -0.362 e. The van der Waals surface area contributed by atoms with Gasteiger partial charge in [0.05, 0.1) is 6.54 Å². The summed E-state index contributed by atoms with van der Waals surface area (Å²) in [5, 5.41) is 6.66. The number of pyridine rings is 1. The highest BCUT2D eigenvalue weighted by molar-refractivity contribution is 14.0. The molecule has 126 valence electrons. The lowest BCUT2D eigenvalue weighted by atomic mass is 10.2. The van der Waals surface area contributed by atoms with Gasteiger partial charge in [0, 0.05) is 38.9 Å². The Morgan fingerprint density at radius 2 is 2.00 bits per heavy atom. The molecular formula is C16H30IN5. The monoisotopic (exact) mass is 419 g/mol. The van der Waals surface area contributed by atoms with Gasteiger partial charge in [-0.25, -0.2) is 9.98 Å². The summed E-state index contributed by atoms with van der Waals surface area (Å²) < 4.78 is 0. The van der Waals surface area contributed by atoms with Crippen molar-refractivity contribution < 1.29 is 0 Å². The van der Waals surface area contributed by atoms with Gasteiger partial charge in [0.15, 0.2) is 5.96 Å². The second-order valence-electron chi connectivity index (χ2n) is 5.21. The Kier molecular flexibility index (Phi) is 11.9. The Hall–Kier alpha value is -1.05. The molecule has 0 saturated heterocycles. The van der Waals surface area contributed by atoms with Crippen molar-refractivity contribution >= 4 is 35.8 Å². The fraction of sp³-hybridized carbons (Fsp3) is 0.625. The molecule has 0 aliphatic heterocycles. The summed E-state index contributed by atoms with van der Waals surface area (Å²) in [5.74, 6) is 1.85. The number of hydrogen-bond acceptors (Lipinski definition) is 3. The number of anilines is 1. The molecule has 0 spiro atoms. The largest absolute Gasteiger partial charge is 0.362 e. The Labute approximate surface area is 152 Å². The van der Waals surface area contributed by atoms with Crippen molar-refractivity contribution in [3.8, 4) is 0 Å². The van der Waals surface area contributed by atoms with Gasteiger partial charge in [0.2, 0.25) is 0 Å². The molecular weight excluding hydrogens is 389 g/mol. The second-order valence-corrected chi connectivity index (χ2v) is 5.21. The zero-order valence-electron chi connectivity index (χ0n) is 14.2. The number of unbranched alkanes of at least 4 members (excludes halogenated alkanes) is 2. The summed E-state index contributed by atoms with van der Waals surface area (Å²) in [6.45, 7) is 6.76. The van der Waals surface area contributed by atoms with E-state index in [1.165, 1.54) is 19.3 Å². The van der Waals surface area contributed by atoms with E-state index in [4.69, 9.17) is 0 Å². The van der Waals surface area contributed by atoms with Gasteiger partial charge in [-0.05, 0) is 19.4 Å². The molecule has 0 radical (unpaired) electrons. The van der Waals surface area contributed by atoms with E-state index in [-0.39, 0.29) is 24.0 Å². The molecule has 6 heteroatoms. The van der Waals surface area contributed by atoms with E-state index in [9.17, 15) is 0 Å². The molecule has 1 heterocycles. The van der Waals surface area contributed by atoms with Gasteiger partial charge in [-0.2, -0.15) is 0 Å². The Balaban J connectivity index is 0.00000441. The fourth-order valence-corrected chi connectivity index (χ4v) is 2.04. The summed E-state index contributed by atoms with van der Waals surface area (Å²) in [7, 11) is 4.01. The van der Waals surface area contributed by atoms with Crippen LogP contribution < -0.4 is 15.5 Å². The van der Waals surface area contributed by atoms with E-state index in [1.807, 2.05) is 31.3 Å². The Bertz CT molecular complexity index is 434. The highest BCUT2D eigenvalue weighted by Crippen LogP contribution is 2.15. The summed E-state index contributed by atoms with van der Waals surface area (Å²) in [6, 6.07) is 4.03. The maximum absolute atomic E-state index is 4.65. The smallest absolute Gasteiger partial charge is 0.191 e. The van der Waals surface area contributed by atoms with Crippen molar-refractivity contribution in [3.05, 3.63) is 23.9 Å². The van der Waals surface area contributed by atoms with Crippen molar-refractivity contribution in [3.63, 3.8) is 0 Å². The number of hydrogen-bond donors (Lipinski definition) is 2. The van der Waals surface area contributed by atoms with Gasteiger partial charge in [0.1, 0.15) is 5.82 Å². The Morgan fingerprint density at radius 3 is 2.64 bits per heavy atom. The highest BCUT2D eigenvalue weighted by atomic mass is 127. The van der Waals surface area contributed by atoms with Crippen LogP contribution in [-0.2, 0) is 6.54 Å². The summed E-state index contributed by atoms with van der Waals surface area (Å²) in [4.78, 5) is 11.1. The summed E-state index contributed by atoms with van der Waals surface area (Å²) in [5.41, 5.74) is 1.13. The number of rotatable bonds is 8. The van der Waals surface area contributed by atoms with Crippen molar-refractivity contribution in [1.82, 2.24) is 15.6 Å². The average molecular weight is 419 g/mol. The van der Waals surface area contributed by atoms with Gasteiger partial charge in [-0.1, -0.05) is 25.8 Å². The van der Waals surface area contributed by atoms with Crippen LogP contribution in [-0.4, -0.2) is 38.1 Å². The SMILES string of the molecule is CCCCCNC(=NCc1cccnc1N(C)C)NCC.I. The third-order valence-electron chi connectivity index (χ3n) is 3.12. The van der Waals surface area contributed by atoms with Crippen LogP contribution in [0, 0.1) is 0 Å². The van der Waals surface area contributed by atoms with Crippen LogP contribution in [0.1, 0.15) is 38.7 Å². The molecule has 1 aromatic rings. The topological polar surface area (TPSA) is 52.6 Å². The first-order chi connectivity index (χ1) is 10.2. The molecule has 0 aliphatic carbocycles. The van der Waals surface area contributed by atoms with E-state index < -0.39 is 0 Å². The number of nitrogens with zero attached hydrogens (tertiary/aromatic N) is 3. The Morgan fingerprint density at radius 1 is 1.23 bits per heavy atom. The lowest BCUT2D eigenvalue weighted by Gasteiger charge is -2.15. The van der Waals surface area contributed by atoms with Crippen LogP contribution in [0.5, 0.6) is 0 Å². The molecule has 0 amide bonds. The van der Waals surface area contributed by atoms with E-state index in [1.54, 1.807) is 0 Å². The molecule has 0 saturated carbocycles. The standard InChI is InChI=1S/C16H29N5.HI/c1-5-7-8-11-19-16(17-6-2)20-13-14-10-9-12-18-15(14)21(3)4;/h9-10,12H,5-8,11,13H2,1-4H3,(H2,17,19,20);1H. The normalized spacial score (nSPS) is 10.8. The summed E-state index contributed by atoms with van der Waals surface area (Å²) >= 11 is 0. The molecule has 1 aromatic heterocycles. The molecule has 0 aromatic carbocycles. The number of nitrogens with one attached hydrogen (secondary N) is 2. The van der Waals surface area contributed by atoms with Gasteiger partial charge < -0.3 is 15.5 Å². The van der Waals surface area contributed by atoms with Crippen LogP contribution in [0.3, 0.4) is 0 Å². The molecule has 0 fully saturated rings. The summed E-state index contributed by atoms with van der Waals surface area (Å²) in [6.07, 6.45) is 5.48. The first-order valence-electron chi connectivity index (χ1n) is 7.82. The second kappa shape index (κ2) is 12.5. The van der Waals surface area contributed by atoms with Crippen LogP contribution >= 0.6 is 24.0 Å². The molecule has 0 bridgehead atoms. The van der Waals surface area contributed by atoms with Crippen LogP contribution in [0.2, 0.25) is 0 Å². The first kappa shape index (κ1) is 20.9. The maximum atomic E-state index is 4.65. The molecule has 0 atom stereocenters. The van der Waals surface area contributed by atoms with Crippen molar-refractivity contribution in [2.24, 2.45) is 4.99 Å². The van der Waals surface area contributed by atoms with Gasteiger partial charge in [0.25, 0.3) is 0 Å². The van der Waals surface area contributed by atoms with Gasteiger partial charge in [-0.3, -0.25) is 0 Å². The minimum atomic E-state index is 0. The lowest BCUT2D eigenvalue weighted by Crippen LogP contribution is -2.37. The minimum absolute atomic E-state index is 0. The molecule has 0 unspecified atom stereocenters. The third kappa shape index (κ3) is 7.82. The predicted molar refractivity (Wildman–Crippen MR) is 106 cm³/mol. The van der Waals surface area contributed by atoms with E-state index in [0.29, 0.717) is 6.54 Å². The molecule has 5 nitrogen and oxygen atoms in total. The fourth-order valence-electron chi connectivity index (χ4n) is 2.04. The van der Waals surface area contributed by atoms with Crippen molar-refractivity contribution in [2.75, 3.05) is 32.1 Å². The molecule has 2 N–H and O–H groups in total. The zero-order chi connectivity index (χ0) is 15.5. The number of aromatic nitrogens is 1. The quantitative estimate of drug-likeness (QED) is 0.295. The lowest BCUT2D eigenvalue weighted by molar-refractivity contribution is 0.683. The molecule has 1 rings (SSSR count). The highest BCUT2D eigenvalue weighted by Gasteiger charge is 2.05. The van der Waals surface area contributed by atoms with Crippen molar-refractivity contribution in [1.29, 1.82) is 0 Å². The van der Waals surface area contributed by atoms with E-state index in [0.717, 1.165) is 30.4 Å². The predicted octanol–water partition coefficient (Wildman–Crippen LogP) is 3.01. The zero-order valence-corrected chi connectivity index (χ0v) is 16.6. The van der Waals surface area contributed by atoms with Crippen LogP contribution in [0.15, 0.2) is 23.3 Å². The average Bonchev–Trinajstić information content (AvgIpc) is 2.49. The third-order valence-corrected chi connectivity index (χ3v) is 3.12. The maximum Gasteiger partial charge on any atom is 0.191 e. The first-order valence-corrected chi connectivity index (χ1v) is 7.82. The van der Waals surface area contributed by atoms with Gasteiger partial charge in [-0.15, -0.1) is 24.0 Å². The van der Waals surface area contributed by atoms with E-state index in [2.05, 4.69) is 40.5 Å². The number of halogens is 1. The van der Waals surface area contributed by atoms with Gasteiger partial charge >= 0.3 is 0 Å². The van der Waals surface area contributed by atoms with Crippen LogP contribution in [0.4, 0.5) is 5.82 Å². The number of guanidine groups is 1.